The van der Waals surface area contributed by atoms with Gasteiger partial charge in [0.05, 0.1) is 13.3 Å². The van der Waals surface area contributed by atoms with Crippen LogP contribution in [-0.4, -0.2) is 78.8 Å². The molecule has 0 aromatic rings. The second-order valence-corrected chi connectivity index (χ2v) is 29.1. The van der Waals surface area contributed by atoms with Crippen molar-refractivity contribution in [1.82, 2.24) is 9.96 Å². The van der Waals surface area contributed by atoms with E-state index in [0.717, 1.165) is 39.7 Å². The van der Waals surface area contributed by atoms with Crippen molar-refractivity contribution in [1.29, 1.82) is 0 Å². The predicted molar refractivity (Wildman–Crippen MR) is 276 cm³/mol. The molecule has 4 saturated heterocycles. The number of nitrogens with zero attached hydrogens (tertiary/aromatic N) is 2. The molecule has 4 aliphatic rings. The Morgan fingerprint density at radius 1 is 0.322 bits per heavy atom. The standard InChI is InChI=1S/C8H17NO.C7H15NO.6C5H12.C4H8O.C4H8S/c1-8(2,3)9-5-4-6-10-7-9;1-7(2,3)8-5-4-6-9-8;6*1-5(2,3)4;2*1-2-4-5-3-1/h4-7H2,1-3H3;4-6H2,1-3H3;6*1-4H3;2*1-4H2. The van der Waals surface area contributed by atoms with Crippen LogP contribution < -0.4 is 0 Å². The van der Waals surface area contributed by atoms with Gasteiger partial charge in [-0.3, -0.25) is 9.74 Å². The zero-order valence-corrected chi connectivity index (χ0v) is 48.0. The van der Waals surface area contributed by atoms with Crippen LogP contribution in [0.15, 0.2) is 0 Å². The maximum Gasteiger partial charge on any atom is 0.0994 e. The maximum atomic E-state index is 5.35. The second kappa shape index (κ2) is 35.5. The van der Waals surface area contributed by atoms with E-state index in [1.165, 1.54) is 56.6 Å². The van der Waals surface area contributed by atoms with E-state index >= 15 is 0 Å². The minimum Gasteiger partial charge on any atom is -0.381 e. The van der Waals surface area contributed by atoms with E-state index in [-0.39, 0.29) is 11.1 Å². The monoisotopic (exact) mass is 865 g/mol. The quantitative estimate of drug-likeness (QED) is 0.241. The van der Waals surface area contributed by atoms with Crippen LogP contribution in [0.25, 0.3) is 0 Å². The van der Waals surface area contributed by atoms with Gasteiger partial charge in [0, 0.05) is 44.0 Å². The molecule has 366 valence electrons. The molecule has 5 nitrogen and oxygen atoms in total. The van der Waals surface area contributed by atoms with E-state index in [1.54, 1.807) is 0 Å². The fraction of sp³-hybridized carbons (Fsp3) is 1.00. The van der Waals surface area contributed by atoms with Gasteiger partial charge in [-0.15, -0.1) is 0 Å². The zero-order chi connectivity index (χ0) is 48.6. The third-order valence-corrected chi connectivity index (χ3v) is 6.22. The molecular formula is C53H120N2O3S. The summed E-state index contributed by atoms with van der Waals surface area (Å²) >= 11 is 2.07. The summed E-state index contributed by atoms with van der Waals surface area (Å²) < 4.78 is 10.3. The summed E-state index contributed by atoms with van der Waals surface area (Å²) in [6.07, 6.45) is 7.84. The Morgan fingerprint density at radius 2 is 0.610 bits per heavy atom. The molecule has 0 radical (unpaired) electrons. The normalized spacial score (nSPS) is 17.6. The van der Waals surface area contributed by atoms with Crippen molar-refractivity contribution in [3.8, 4) is 0 Å². The fourth-order valence-electron chi connectivity index (χ4n) is 3.12. The summed E-state index contributed by atoms with van der Waals surface area (Å²) in [5.74, 6) is 2.83. The number of hydrogen-bond acceptors (Lipinski definition) is 6. The van der Waals surface area contributed by atoms with E-state index in [0.29, 0.717) is 32.5 Å². The Balaban J connectivity index is -0.000000134. The van der Waals surface area contributed by atoms with Gasteiger partial charge < -0.3 is 9.47 Å². The SMILES string of the molecule is C1CCOC1.C1CCSC1.CC(C)(C)C.CC(C)(C)C.CC(C)(C)C.CC(C)(C)C.CC(C)(C)C.CC(C)(C)C.CC(C)(C)N1CCCO1.CC(C)(C)N1CCCOC1. The van der Waals surface area contributed by atoms with Crippen LogP contribution in [0, 0.1) is 32.5 Å². The molecular weight excluding hydrogens is 745 g/mol. The third kappa shape index (κ3) is 133. The average Bonchev–Trinajstić information content (AvgIpc) is 3.74. The smallest absolute Gasteiger partial charge is 0.0994 e. The molecule has 0 N–H and O–H groups in total. The third-order valence-electron chi connectivity index (χ3n) is 5.07. The minimum absolute atomic E-state index is 0.191. The molecule has 4 fully saturated rings. The van der Waals surface area contributed by atoms with Crippen LogP contribution in [0.3, 0.4) is 0 Å². The Bertz CT molecular complexity index is 690. The van der Waals surface area contributed by atoms with Crippen molar-refractivity contribution in [2.75, 3.05) is 57.8 Å². The Morgan fingerprint density at radius 3 is 0.729 bits per heavy atom. The van der Waals surface area contributed by atoms with Crippen LogP contribution in [0.2, 0.25) is 0 Å². The molecule has 0 aromatic carbocycles. The predicted octanol–water partition coefficient (Wildman–Crippen LogP) is 17.5. The van der Waals surface area contributed by atoms with Crippen LogP contribution in [-0.2, 0) is 14.3 Å². The first-order valence-corrected chi connectivity index (χ1v) is 24.8. The lowest BCUT2D eigenvalue weighted by atomic mass is 10.0. The number of hydroxylamine groups is 2. The molecule has 0 unspecified atom stereocenters. The first-order valence-electron chi connectivity index (χ1n) is 23.6. The lowest BCUT2D eigenvalue weighted by Gasteiger charge is -2.37. The van der Waals surface area contributed by atoms with E-state index in [4.69, 9.17) is 14.3 Å². The van der Waals surface area contributed by atoms with Crippen LogP contribution in [0.1, 0.15) is 246 Å². The van der Waals surface area contributed by atoms with Crippen LogP contribution in [0.4, 0.5) is 0 Å². The molecule has 0 aliphatic carbocycles. The summed E-state index contributed by atoms with van der Waals surface area (Å²) in [5, 5.41) is 2.05. The van der Waals surface area contributed by atoms with Gasteiger partial charge in [0.25, 0.3) is 0 Å². The lowest BCUT2D eigenvalue weighted by molar-refractivity contribution is -0.166. The van der Waals surface area contributed by atoms with Gasteiger partial charge in [-0.1, -0.05) is 166 Å². The summed E-state index contributed by atoms with van der Waals surface area (Å²) in [5.41, 5.74) is 3.47. The first-order chi connectivity index (χ1) is 25.7. The number of hydrogen-bond donors (Lipinski definition) is 0. The number of ether oxygens (including phenoxy) is 2. The molecule has 0 saturated carbocycles. The highest BCUT2D eigenvalue weighted by Gasteiger charge is 2.25. The van der Waals surface area contributed by atoms with Crippen molar-refractivity contribution in [3.63, 3.8) is 0 Å². The molecule has 4 heterocycles. The van der Waals surface area contributed by atoms with Gasteiger partial charge in [-0.25, -0.2) is 0 Å². The molecule has 4 rings (SSSR count). The molecule has 0 spiro atoms. The van der Waals surface area contributed by atoms with Crippen molar-refractivity contribution < 1.29 is 14.3 Å². The largest absolute Gasteiger partial charge is 0.381 e. The van der Waals surface area contributed by atoms with Gasteiger partial charge in [0.1, 0.15) is 0 Å². The molecule has 4 aliphatic heterocycles. The van der Waals surface area contributed by atoms with Crippen molar-refractivity contribution in [3.05, 3.63) is 0 Å². The molecule has 6 heteroatoms. The van der Waals surface area contributed by atoms with E-state index in [2.05, 4.69) is 224 Å². The highest BCUT2D eigenvalue weighted by atomic mass is 32.2. The van der Waals surface area contributed by atoms with Crippen molar-refractivity contribution in [2.45, 2.75) is 257 Å². The average molecular weight is 866 g/mol. The van der Waals surface area contributed by atoms with E-state index < -0.39 is 0 Å². The summed E-state index contributed by atoms with van der Waals surface area (Å²) in [7, 11) is 0. The highest BCUT2D eigenvalue weighted by molar-refractivity contribution is 7.99. The van der Waals surface area contributed by atoms with Crippen LogP contribution >= 0.6 is 11.8 Å². The number of rotatable bonds is 0. The summed E-state index contributed by atoms with van der Waals surface area (Å²) in [6.45, 7) is 72.6. The topological polar surface area (TPSA) is 34.2 Å². The summed E-state index contributed by atoms with van der Waals surface area (Å²) in [4.78, 5) is 7.71. The van der Waals surface area contributed by atoms with Gasteiger partial charge in [-0.2, -0.15) is 16.8 Å². The van der Waals surface area contributed by atoms with Crippen molar-refractivity contribution >= 4 is 11.8 Å². The lowest BCUT2D eigenvalue weighted by Crippen LogP contribution is -2.46. The first kappa shape index (κ1) is 70.8. The molecule has 0 aromatic heterocycles. The molecule has 0 amide bonds. The fourth-order valence-corrected chi connectivity index (χ4v) is 4.14. The Kier molecular flexibility index (Phi) is 42.6. The van der Waals surface area contributed by atoms with Gasteiger partial charge in [-0.05, 0) is 124 Å². The zero-order valence-electron chi connectivity index (χ0n) is 47.1. The van der Waals surface area contributed by atoms with Gasteiger partial charge in [0.15, 0.2) is 0 Å². The van der Waals surface area contributed by atoms with Gasteiger partial charge in [0.2, 0.25) is 0 Å². The van der Waals surface area contributed by atoms with E-state index in [9.17, 15) is 0 Å². The highest BCUT2D eigenvalue weighted by Crippen LogP contribution is 2.19. The van der Waals surface area contributed by atoms with Gasteiger partial charge >= 0.3 is 0 Å². The molecule has 59 heavy (non-hydrogen) atoms. The summed E-state index contributed by atoms with van der Waals surface area (Å²) in [6, 6.07) is 0. The maximum absolute atomic E-state index is 5.35. The van der Waals surface area contributed by atoms with E-state index in [1.807, 2.05) is 5.06 Å². The second-order valence-electron chi connectivity index (χ2n) is 27.9. The Labute approximate surface area is 382 Å². The molecule has 0 bridgehead atoms. The van der Waals surface area contributed by atoms with Crippen LogP contribution in [0.5, 0.6) is 0 Å². The molecule has 0 atom stereocenters. The number of thioether (sulfide) groups is 1. The van der Waals surface area contributed by atoms with Crippen molar-refractivity contribution in [2.24, 2.45) is 32.5 Å². The minimum atomic E-state index is 0.191. The Hall–Kier alpha value is 0.150.